The Balaban J connectivity index is 2.92. The number of hydrogen-bond acceptors (Lipinski definition) is 4. The highest BCUT2D eigenvalue weighted by atomic mass is 32.2. The van der Waals surface area contributed by atoms with Crippen molar-refractivity contribution in [2.75, 3.05) is 12.3 Å². The van der Waals surface area contributed by atoms with Gasteiger partial charge >= 0.3 is 0 Å². The molecule has 5 heteroatoms. The fourth-order valence-corrected chi connectivity index (χ4v) is 1.73. The molecule has 1 rings (SSSR count). The Bertz CT molecular complexity index is 355. The second-order valence-electron chi connectivity index (χ2n) is 2.97. The lowest BCUT2D eigenvalue weighted by Crippen LogP contribution is -2.24. The van der Waals surface area contributed by atoms with Crippen molar-refractivity contribution in [3.63, 3.8) is 0 Å². The van der Waals surface area contributed by atoms with Gasteiger partial charge in [-0.05, 0) is 25.7 Å². The van der Waals surface area contributed by atoms with Crippen molar-refractivity contribution in [2.45, 2.75) is 25.9 Å². The van der Waals surface area contributed by atoms with Crippen molar-refractivity contribution in [1.82, 2.24) is 15.3 Å². The number of rotatable bonds is 4. The molecule has 0 unspecified atom stereocenters. The van der Waals surface area contributed by atoms with Gasteiger partial charge in [-0.15, -0.1) is 0 Å². The lowest BCUT2D eigenvalue weighted by Gasteiger charge is -2.04. The average molecular weight is 225 g/mol. The van der Waals surface area contributed by atoms with Crippen molar-refractivity contribution >= 4 is 17.7 Å². The summed E-state index contributed by atoms with van der Waals surface area (Å²) in [7, 11) is 0. The second-order valence-corrected chi connectivity index (χ2v) is 4.20. The molecule has 1 amide bonds. The molecule has 0 aromatic carbocycles. The molecule has 0 aliphatic heterocycles. The van der Waals surface area contributed by atoms with Gasteiger partial charge < -0.3 is 5.32 Å². The first-order chi connectivity index (χ1) is 7.17. The van der Waals surface area contributed by atoms with Crippen LogP contribution in [0.1, 0.15) is 30.0 Å². The molecule has 1 aromatic heterocycles. The Hall–Kier alpha value is -1.10. The van der Waals surface area contributed by atoms with Crippen LogP contribution in [0.4, 0.5) is 0 Å². The van der Waals surface area contributed by atoms with E-state index in [-0.39, 0.29) is 5.91 Å². The lowest BCUT2D eigenvalue weighted by molar-refractivity contribution is 0.0949. The number of nitrogens with zero attached hydrogens (tertiary/aromatic N) is 2. The van der Waals surface area contributed by atoms with Gasteiger partial charge in [0.05, 0.1) is 0 Å². The molecule has 0 radical (unpaired) electrons. The maximum atomic E-state index is 11.5. The van der Waals surface area contributed by atoms with E-state index in [4.69, 9.17) is 0 Å². The highest BCUT2D eigenvalue weighted by molar-refractivity contribution is 7.99. The minimum atomic E-state index is -0.138. The molecule has 0 aliphatic carbocycles. The molecule has 0 fully saturated rings. The summed E-state index contributed by atoms with van der Waals surface area (Å²) in [6.45, 7) is 6.39. The van der Waals surface area contributed by atoms with E-state index in [0.29, 0.717) is 17.4 Å². The van der Waals surface area contributed by atoms with Crippen molar-refractivity contribution in [3.05, 3.63) is 17.5 Å². The van der Waals surface area contributed by atoms with Crippen LogP contribution in [0, 0.1) is 6.92 Å². The summed E-state index contributed by atoms with van der Waals surface area (Å²) >= 11 is 1.54. The molecule has 82 valence electrons. The van der Waals surface area contributed by atoms with Gasteiger partial charge in [-0.2, -0.15) is 0 Å². The number of aryl methyl sites for hydroxylation is 1. The predicted molar refractivity (Wildman–Crippen MR) is 61.2 cm³/mol. The number of thioether (sulfide) groups is 1. The fraction of sp³-hybridized carbons (Fsp3) is 0.500. The van der Waals surface area contributed by atoms with Gasteiger partial charge in [-0.25, -0.2) is 9.97 Å². The van der Waals surface area contributed by atoms with Crippen molar-refractivity contribution in [1.29, 1.82) is 0 Å². The summed E-state index contributed by atoms with van der Waals surface area (Å²) in [6.07, 6.45) is 0. The van der Waals surface area contributed by atoms with E-state index in [1.807, 2.05) is 20.8 Å². The number of hydrogen-bond donors (Lipinski definition) is 1. The molecule has 4 nitrogen and oxygen atoms in total. The SMILES string of the molecule is CCNC(=O)c1cc(C)nc(SCC)n1. The molecule has 1 N–H and O–H groups in total. The quantitative estimate of drug-likeness (QED) is 0.625. The van der Waals surface area contributed by atoms with E-state index < -0.39 is 0 Å². The summed E-state index contributed by atoms with van der Waals surface area (Å²) in [5, 5.41) is 3.39. The molecule has 0 aliphatic rings. The molecular formula is C10H15N3OS. The Labute approximate surface area is 93.9 Å². The van der Waals surface area contributed by atoms with Gasteiger partial charge in [-0.1, -0.05) is 18.7 Å². The molecule has 0 bridgehead atoms. The van der Waals surface area contributed by atoms with Gasteiger partial charge in [0.15, 0.2) is 5.16 Å². The van der Waals surface area contributed by atoms with Gasteiger partial charge in [-0.3, -0.25) is 4.79 Å². The zero-order valence-corrected chi connectivity index (χ0v) is 10.0. The van der Waals surface area contributed by atoms with Crippen molar-refractivity contribution in [2.24, 2.45) is 0 Å². The zero-order chi connectivity index (χ0) is 11.3. The standard InChI is InChI=1S/C10H15N3OS/c1-4-11-9(14)8-6-7(3)12-10(13-8)15-5-2/h6H,4-5H2,1-3H3,(H,11,14). The molecular weight excluding hydrogens is 210 g/mol. The first-order valence-electron chi connectivity index (χ1n) is 4.94. The number of nitrogens with one attached hydrogen (secondary N) is 1. The number of carbonyl (C=O) groups is 1. The number of carbonyl (C=O) groups excluding carboxylic acids is 1. The van der Waals surface area contributed by atoms with Crippen LogP contribution in [-0.4, -0.2) is 28.2 Å². The third-order valence-electron chi connectivity index (χ3n) is 1.68. The Morgan fingerprint density at radius 3 is 2.80 bits per heavy atom. The maximum absolute atomic E-state index is 11.5. The average Bonchev–Trinajstić information content (AvgIpc) is 2.17. The normalized spacial score (nSPS) is 10.1. The smallest absolute Gasteiger partial charge is 0.270 e. The first kappa shape index (κ1) is 12.0. The van der Waals surface area contributed by atoms with Crippen LogP contribution in [0.25, 0.3) is 0 Å². The summed E-state index contributed by atoms with van der Waals surface area (Å²) in [4.78, 5) is 20.0. The molecule has 1 heterocycles. The van der Waals surface area contributed by atoms with Crippen LogP contribution in [0.3, 0.4) is 0 Å². The van der Waals surface area contributed by atoms with Gasteiger partial charge in [0.25, 0.3) is 5.91 Å². The Morgan fingerprint density at radius 2 is 2.20 bits per heavy atom. The van der Waals surface area contributed by atoms with Crippen LogP contribution in [-0.2, 0) is 0 Å². The minimum absolute atomic E-state index is 0.138. The molecule has 0 spiro atoms. The topological polar surface area (TPSA) is 54.9 Å². The summed E-state index contributed by atoms with van der Waals surface area (Å²) in [5.41, 5.74) is 1.27. The van der Waals surface area contributed by atoms with E-state index in [0.717, 1.165) is 11.4 Å². The maximum Gasteiger partial charge on any atom is 0.270 e. The van der Waals surface area contributed by atoms with E-state index in [9.17, 15) is 4.79 Å². The highest BCUT2D eigenvalue weighted by Gasteiger charge is 2.09. The lowest BCUT2D eigenvalue weighted by atomic mass is 10.3. The highest BCUT2D eigenvalue weighted by Crippen LogP contribution is 2.13. The number of amides is 1. The van der Waals surface area contributed by atoms with Crippen LogP contribution in [0.5, 0.6) is 0 Å². The third kappa shape index (κ3) is 3.51. The molecule has 0 saturated heterocycles. The van der Waals surface area contributed by atoms with Gasteiger partial charge in [0.2, 0.25) is 0 Å². The monoisotopic (exact) mass is 225 g/mol. The summed E-state index contributed by atoms with van der Waals surface area (Å²) < 4.78 is 0. The van der Waals surface area contributed by atoms with Crippen molar-refractivity contribution in [3.8, 4) is 0 Å². The van der Waals surface area contributed by atoms with E-state index >= 15 is 0 Å². The predicted octanol–water partition coefficient (Wildman–Crippen LogP) is 1.65. The summed E-state index contributed by atoms with van der Waals surface area (Å²) in [6, 6.07) is 1.70. The van der Waals surface area contributed by atoms with Crippen LogP contribution >= 0.6 is 11.8 Å². The van der Waals surface area contributed by atoms with Crippen molar-refractivity contribution < 1.29 is 4.79 Å². The van der Waals surface area contributed by atoms with E-state index in [1.54, 1.807) is 6.07 Å². The van der Waals surface area contributed by atoms with E-state index in [2.05, 4.69) is 15.3 Å². The third-order valence-corrected chi connectivity index (χ3v) is 2.41. The van der Waals surface area contributed by atoms with E-state index in [1.165, 1.54) is 11.8 Å². The second kappa shape index (κ2) is 5.70. The largest absolute Gasteiger partial charge is 0.351 e. The summed E-state index contributed by atoms with van der Waals surface area (Å²) in [5.74, 6) is 0.763. The molecule has 1 aromatic rings. The minimum Gasteiger partial charge on any atom is -0.351 e. The zero-order valence-electron chi connectivity index (χ0n) is 9.20. The van der Waals surface area contributed by atoms with Crippen LogP contribution < -0.4 is 5.32 Å². The molecule has 15 heavy (non-hydrogen) atoms. The number of aromatic nitrogens is 2. The first-order valence-corrected chi connectivity index (χ1v) is 5.92. The fourth-order valence-electron chi connectivity index (χ4n) is 1.10. The molecule has 0 saturated carbocycles. The Morgan fingerprint density at radius 1 is 1.47 bits per heavy atom. The Kier molecular flexibility index (Phi) is 4.55. The van der Waals surface area contributed by atoms with Gasteiger partial charge in [0.1, 0.15) is 5.69 Å². The molecule has 0 atom stereocenters. The van der Waals surface area contributed by atoms with Crippen LogP contribution in [0.15, 0.2) is 11.2 Å². The van der Waals surface area contributed by atoms with Gasteiger partial charge in [0, 0.05) is 12.2 Å². The van der Waals surface area contributed by atoms with Crippen LogP contribution in [0.2, 0.25) is 0 Å².